The lowest BCUT2D eigenvalue weighted by Crippen LogP contribution is -2.60. The van der Waals surface area contributed by atoms with Crippen LogP contribution in [0.5, 0.6) is 0 Å². The fourth-order valence-corrected chi connectivity index (χ4v) is 5.00. The van der Waals surface area contributed by atoms with Crippen molar-refractivity contribution in [3.8, 4) is 0 Å². The predicted molar refractivity (Wildman–Crippen MR) is 89.2 cm³/mol. The molecule has 0 aliphatic heterocycles. The van der Waals surface area contributed by atoms with E-state index in [0.717, 1.165) is 6.26 Å². The minimum absolute atomic E-state index is 0.0300. The van der Waals surface area contributed by atoms with Crippen molar-refractivity contribution in [2.75, 3.05) is 20.0 Å². The number of methoxy groups -OCH3 is 1. The van der Waals surface area contributed by atoms with E-state index >= 15 is 0 Å². The Morgan fingerprint density at radius 1 is 1.25 bits per heavy atom. The van der Waals surface area contributed by atoms with Gasteiger partial charge in [0.15, 0.2) is 9.84 Å². The Hall–Kier alpha value is -1.00. The fourth-order valence-electron chi connectivity index (χ4n) is 2.75. The van der Waals surface area contributed by atoms with Crippen molar-refractivity contribution in [3.05, 3.63) is 23.8 Å². The van der Waals surface area contributed by atoms with Crippen LogP contribution in [0.3, 0.4) is 0 Å². The number of ether oxygens (including phenoxy) is 2. The van der Waals surface area contributed by atoms with Gasteiger partial charge in [0.1, 0.15) is 0 Å². The molecule has 2 rings (SSSR count). The van der Waals surface area contributed by atoms with Crippen molar-refractivity contribution >= 4 is 19.9 Å². The van der Waals surface area contributed by atoms with E-state index in [1.807, 2.05) is 6.92 Å². The molecule has 1 aromatic rings. The predicted octanol–water partition coefficient (Wildman–Crippen LogP) is 0.869. The lowest BCUT2D eigenvalue weighted by atomic mass is 9.86. The van der Waals surface area contributed by atoms with Gasteiger partial charge in [0.25, 0.3) is 0 Å². The van der Waals surface area contributed by atoms with Gasteiger partial charge in [0.2, 0.25) is 10.0 Å². The second-order valence-electron chi connectivity index (χ2n) is 5.86. The number of sulfone groups is 1. The fraction of sp³-hybridized carbons (Fsp3) is 0.600. The van der Waals surface area contributed by atoms with E-state index in [1.54, 1.807) is 6.92 Å². The number of nitrogens with one attached hydrogen (secondary N) is 1. The quantitative estimate of drug-likeness (QED) is 0.757. The molecule has 1 aliphatic rings. The maximum absolute atomic E-state index is 12.7. The van der Waals surface area contributed by atoms with Gasteiger partial charge in [0.05, 0.1) is 28.0 Å². The SMILES string of the molecule is CCO[C@@H]1C[C@@H](NS(=O)(=O)c2cc(S(C)(=O)=O)ccc2C)[C@@H]1OC. The summed E-state index contributed by atoms with van der Waals surface area (Å²) in [6.45, 7) is 4.02. The Labute approximate surface area is 143 Å². The molecule has 0 bridgehead atoms. The number of sulfonamides is 1. The van der Waals surface area contributed by atoms with Crippen LogP contribution in [-0.2, 0) is 29.3 Å². The summed E-state index contributed by atoms with van der Waals surface area (Å²) in [6, 6.07) is 3.67. The van der Waals surface area contributed by atoms with Crippen LogP contribution in [0.4, 0.5) is 0 Å². The maximum Gasteiger partial charge on any atom is 0.241 e. The van der Waals surface area contributed by atoms with Crippen molar-refractivity contribution in [1.29, 1.82) is 0 Å². The Kier molecular flexibility index (Phi) is 5.71. The highest BCUT2D eigenvalue weighted by atomic mass is 32.2. The van der Waals surface area contributed by atoms with E-state index in [1.165, 1.54) is 25.3 Å². The molecular weight excluding hydrogens is 354 g/mol. The van der Waals surface area contributed by atoms with Gasteiger partial charge in [-0.25, -0.2) is 21.6 Å². The number of hydrogen-bond donors (Lipinski definition) is 1. The van der Waals surface area contributed by atoms with E-state index in [-0.39, 0.29) is 22.0 Å². The zero-order valence-corrected chi connectivity index (χ0v) is 15.8. The highest BCUT2D eigenvalue weighted by molar-refractivity contribution is 7.91. The zero-order valence-electron chi connectivity index (χ0n) is 14.1. The Balaban J connectivity index is 2.26. The summed E-state index contributed by atoms with van der Waals surface area (Å²) in [7, 11) is -5.85. The van der Waals surface area contributed by atoms with E-state index in [2.05, 4.69) is 4.72 Å². The lowest BCUT2D eigenvalue weighted by molar-refractivity contribution is -0.126. The van der Waals surface area contributed by atoms with Gasteiger partial charge in [-0.15, -0.1) is 0 Å². The van der Waals surface area contributed by atoms with E-state index < -0.39 is 25.9 Å². The van der Waals surface area contributed by atoms with Gasteiger partial charge in [-0.1, -0.05) is 6.07 Å². The molecule has 1 N–H and O–H groups in total. The van der Waals surface area contributed by atoms with Gasteiger partial charge in [0, 0.05) is 20.0 Å². The average molecular weight is 377 g/mol. The molecule has 1 saturated carbocycles. The third-order valence-electron chi connectivity index (χ3n) is 4.09. The van der Waals surface area contributed by atoms with Gasteiger partial charge in [-0.3, -0.25) is 0 Å². The van der Waals surface area contributed by atoms with Crippen molar-refractivity contribution in [2.24, 2.45) is 0 Å². The van der Waals surface area contributed by atoms with Crippen LogP contribution in [0.25, 0.3) is 0 Å². The van der Waals surface area contributed by atoms with Gasteiger partial charge < -0.3 is 9.47 Å². The molecule has 136 valence electrons. The van der Waals surface area contributed by atoms with E-state index in [9.17, 15) is 16.8 Å². The highest BCUT2D eigenvalue weighted by Crippen LogP contribution is 2.29. The number of aryl methyl sites for hydroxylation is 1. The summed E-state index contributed by atoms with van der Waals surface area (Å²) in [5.74, 6) is 0. The smallest absolute Gasteiger partial charge is 0.241 e. The number of hydrogen-bond acceptors (Lipinski definition) is 6. The first-order chi connectivity index (χ1) is 11.1. The summed E-state index contributed by atoms with van der Waals surface area (Å²) in [5, 5.41) is 0. The van der Waals surface area contributed by atoms with Crippen molar-refractivity contribution < 1.29 is 26.3 Å². The van der Waals surface area contributed by atoms with Crippen LogP contribution in [0.2, 0.25) is 0 Å². The summed E-state index contributed by atoms with van der Waals surface area (Å²) in [4.78, 5) is -0.0716. The van der Waals surface area contributed by atoms with Crippen molar-refractivity contribution in [2.45, 2.75) is 48.3 Å². The summed E-state index contributed by atoms with van der Waals surface area (Å²) in [6.07, 6.45) is 1.05. The summed E-state index contributed by atoms with van der Waals surface area (Å²) >= 11 is 0. The molecule has 0 spiro atoms. The van der Waals surface area contributed by atoms with Crippen LogP contribution in [0.1, 0.15) is 18.9 Å². The standard InChI is InChI=1S/C15H23NO6S2/c1-5-22-13-9-12(15(13)21-3)16-24(19,20)14-8-11(23(4,17)18)7-6-10(14)2/h6-8,12-13,15-16H,5,9H2,1-4H3/t12-,13-,15+/m1/s1. The molecule has 9 heteroatoms. The normalized spacial score (nSPS) is 24.6. The summed E-state index contributed by atoms with van der Waals surface area (Å²) < 4.78 is 62.0. The molecule has 1 fully saturated rings. The van der Waals surface area contributed by atoms with Crippen molar-refractivity contribution in [1.82, 2.24) is 4.72 Å². The largest absolute Gasteiger partial charge is 0.377 e. The summed E-state index contributed by atoms with van der Waals surface area (Å²) in [5.41, 5.74) is 0.476. The molecule has 0 aromatic heterocycles. The second-order valence-corrected chi connectivity index (χ2v) is 9.56. The minimum Gasteiger partial charge on any atom is -0.377 e. The third kappa shape index (κ3) is 3.97. The Morgan fingerprint density at radius 2 is 1.92 bits per heavy atom. The zero-order chi connectivity index (χ0) is 18.1. The average Bonchev–Trinajstić information content (AvgIpc) is 2.45. The van der Waals surface area contributed by atoms with Crippen LogP contribution in [0.15, 0.2) is 28.0 Å². The maximum atomic E-state index is 12.7. The molecular formula is C15H23NO6S2. The monoisotopic (exact) mass is 377 g/mol. The molecule has 0 unspecified atom stereocenters. The van der Waals surface area contributed by atoms with Crippen molar-refractivity contribution in [3.63, 3.8) is 0 Å². The van der Waals surface area contributed by atoms with Crippen LogP contribution in [-0.4, -0.2) is 55.1 Å². The molecule has 0 radical (unpaired) electrons. The van der Waals surface area contributed by atoms with Crippen LogP contribution in [0, 0.1) is 6.92 Å². The Morgan fingerprint density at radius 3 is 2.46 bits per heavy atom. The van der Waals surface area contributed by atoms with Crippen LogP contribution < -0.4 is 4.72 Å². The van der Waals surface area contributed by atoms with E-state index in [0.29, 0.717) is 18.6 Å². The molecule has 0 saturated heterocycles. The molecule has 1 aliphatic carbocycles. The second kappa shape index (κ2) is 7.09. The molecule has 1 aromatic carbocycles. The van der Waals surface area contributed by atoms with Gasteiger partial charge in [-0.2, -0.15) is 0 Å². The molecule has 7 nitrogen and oxygen atoms in total. The lowest BCUT2D eigenvalue weighted by Gasteiger charge is -2.43. The van der Waals surface area contributed by atoms with E-state index in [4.69, 9.17) is 9.47 Å². The Bertz CT molecular complexity index is 803. The molecule has 0 heterocycles. The number of benzene rings is 1. The highest BCUT2D eigenvalue weighted by Gasteiger charge is 2.44. The van der Waals surface area contributed by atoms with Crippen LogP contribution >= 0.6 is 0 Å². The first-order valence-corrected chi connectivity index (χ1v) is 10.9. The topological polar surface area (TPSA) is 98.8 Å². The molecule has 0 amide bonds. The number of rotatable bonds is 7. The third-order valence-corrected chi connectivity index (χ3v) is 6.83. The molecule has 3 atom stereocenters. The minimum atomic E-state index is -3.87. The molecule has 24 heavy (non-hydrogen) atoms. The first-order valence-electron chi connectivity index (χ1n) is 7.57. The van der Waals surface area contributed by atoms with Gasteiger partial charge >= 0.3 is 0 Å². The van der Waals surface area contributed by atoms with Gasteiger partial charge in [-0.05, 0) is 38.0 Å². The first kappa shape index (κ1) is 19.3.